The van der Waals surface area contributed by atoms with E-state index in [0.717, 1.165) is 42.5 Å². The van der Waals surface area contributed by atoms with Crippen molar-refractivity contribution < 1.29 is 9.53 Å². The van der Waals surface area contributed by atoms with Crippen LogP contribution in [0.1, 0.15) is 12.0 Å². The van der Waals surface area contributed by atoms with Crippen LogP contribution in [-0.4, -0.2) is 56.3 Å². The zero-order valence-electron chi connectivity index (χ0n) is 14.3. The second kappa shape index (κ2) is 8.70. The number of amides is 1. The van der Waals surface area contributed by atoms with Gasteiger partial charge >= 0.3 is 0 Å². The van der Waals surface area contributed by atoms with E-state index in [1.54, 1.807) is 7.11 Å². The van der Waals surface area contributed by atoms with Crippen LogP contribution in [0.15, 0.2) is 30.5 Å². The fraction of sp³-hybridized carbons (Fsp3) is 0.500. The van der Waals surface area contributed by atoms with Crippen molar-refractivity contribution in [1.29, 1.82) is 0 Å². The van der Waals surface area contributed by atoms with Crippen LogP contribution in [0.2, 0.25) is 0 Å². The lowest BCUT2D eigenvalue weighted by Gasteiger charge is -2.09. The Bertz CT molecular complexity index is 634. The lowest BCUT2D eigenvalue weighted by atomic mass is 10.1. The predicted molar refractivity (Wildman–Crippen MR) is 93.7 cm³/mol. The van der Waals surface area contributed by atoms with Crippen molar-refractivity contribution in [3.63, 3.8) is 0 Å². The first-order valence-electron chi connectivity index (χ1n) is 8.09. The Morgan fingerprint density at radius 2 is 2.09 bits per heavy atom. The first kappa shape index (κ1) is 17.5. The third-order valence-corrected chi connectivity index (χ3v) is 3.86. The summed E-state index contributed by atoms with van der Waals surface area (Å²) in [5, 5.41) is 4.15. The van der Waals surface area contributed by atoms with Gasteiger partial charge in [0, 0.05) is 37.3 Å². The molecule has 1 amide bonds. The van der Waals surface area contributed by atoms with E-state index >= 15 is 0 Å². The third-order valence-electron chi connectivity index (χ3n) is 3.86. The molecule has 1 aromatic heterocycles. The second-order valence-corrected chi connectivity index (χ2v) is 6.04. The number of nitrogens with zero attached hydrogens (tertiary/aromatic N) is 2. The zero-order chi connectivity index (χ0) is 16.7. The van der Waals surface area contributed by atoms with Gasteiger partial charge in [-0.05, 0) is 38.7 Å². The number of hydrogen-bond acceptors (Lipinski definition) is 3. The van der Waals surface area contributed by atoms with E-state index in [-0.39, 0.29) is 5.91 Å². The fourth-order valence-corrected chi connectivity index (χ4v) is 2.70. The van der Waals surface area contributed by atoms with Gasteiger partial charge in [-0.2, -0.15) is 0 Å². The Labute approximate surface area is 138 Å². The van der Waals surface area contributed by atoms with Gasteiger partial charge in [0.15, 0.2) is 0 Å². The van der Waals surface area contributed by atoms with E-state index in [4.69, 9.17) is 4.74 Å². The van der Waals surface area contributed by atoms with Gasteiger partial charge in [0.2, 0.25) is 5.91 Å². The highest BCUT2D eigenvalue weighted by atomic mass is 16.5. The highest BCUT2D eigenvalue weighted by Crippen LogP contribution is 2.21. The molecule has 0 spiro atoms. The number of carbonyl (C=O) groups is 1. The Morgan fingerprint density at radius 1 is 1.30 bits per heavy atom. The smallest absolute Gasteiger partial charge is 0.224 e. The number of aromatic nitrogens is 1. The molecule has 0 aliphatic carbocycles. The summed E-state index contributed by atoms with van der Waals surface area (Å²) in [5.74, 6) is 0.0819. The Kier molecular flexibility index (Phi) is 6.62. The number of benzene rings is 1. The molecule has 0 bridgehead atoms. The lowest BCUT2D eigenvalue weighted by molar-refractivity contribution is -0.120. The molecule has 0 radical (unpaired) electrons. The monoisotopic (exact) mass is 317 g/mol. The summed E-state index contributed by atoms with van der Waals surface area (Å²) in [6.45, 7) is 3.16. The number of ether oxygens (including phenoxy) is 1. The Hall–Kier alpha value is -1.85. The normalized spacial score (nSPS) is 11.3. The van der Waals surface area contributed by atoms with Crippen LogP contribution in [0.3, 0.4) is 0 Å². The van der Waals surface area contributed by atoms with Gasteiger partial charge in [0.1, 0.15) is 0 Å². The molecule has 1 aromatic carbocycles. The van der Waals surface area contributed by atoms with Crippen LogP contribution in [0, 0.1) is 0 Å². The minimum Gasteiger partial charge on any atom is -0.383 e. The highest BCUT2D eigenvalue weighted by molar-refractivity contribution is 5.89. The van der Waals surface area contributed by atoms with E-state index < -0.39 is 0 Å². The molecule has 0 atom stereocenters. The van der Waals surface area contributed by atoms with Crippen LogP contribution >= 0.6 is 0 Å². The molecule has 1 N–H and O–H groups in total. The van der Waals surface area contributed by atoms with Crippen molar-refractivity contribution in [3.8, 4) is 0 Å². The van der Waals surface area contributed by atoms with Gasteiger partial charge < -0.3 is 19.5 Å². The maximum atomic E-state index is 12.2. The standard InChI is InChI=1S/C18H27N3O2/c1-20(2)10-6-9-19-18(22)13-15-14-21(11-12-23-3)17-8-5-4-7-16(15)17/h4-5,7-8,14H,6,9-13H2,1-3H3,(H,19,22). The summed E-state index contributed by atoms with van der Waals surface area (Å²) in [4.78, 5) is 14.3. The van der Waals surface area contributed by atoms with Gasteiger partial charge in [0.05, 0.1) is 13.0 Å². The first-order chi connectivity index (χ1) is 11.1. The number of rotatable bonds is 9. The van der Waals surface area contributed by atoms with Gasteiger partial charge in [0.25, 0.3) is 0 Å². The average Bonchev–Trinajstić information content (AvgIpc) is 2.87. The maximum Gasteiger partial charge on any atom is 0.224 e. The Balaban J connectivity index is 2.00. The molecule has 0 aliphatic rings. The summed E-state index contributed by atoms with van der Waals surface area (Å²) in [6, 6.07) is 8.20. The number of methoxy groups -OCH3 is 1. The minimum atomic E-state index is 0.0819. The molecule has 5 nitrogen and oxygen atoms in total. The lowest BCUT2D eigenvalue weighted by Crippen LogP contribution is -2.28. The van der Waals surface area contributed by atoms with Crippen LogP contribution in [-0.2, 0) is 22.5 Å². The molecule has 5 heteroatoms. The molecule has 2 rings (SSSR count). The zero-order valence-corrected chi connectivity index (χ0v) is 14.3. The van der Waals surface area contributed by atoms with E-state index in [2.05, 4.69) is 33.1 Å². The molecule has 1 heterocycles. The van der Waals surface area contributed by atoms with Crippen LogP contribution < -0.4 is 5.32 Å². The van der Waals surface area contributed by atoms with Crippen LogP contribution in [0.25, 0.3) is 10.9 Å². The molecule has 2 aromatic rings. The van der Waals surface area contributed by atoms with Crippen molar-refractivity contribution >= 4 is 16.8 Å². The molecule has 0 fully saturated rings. The predicted octanol–water partition coefficient (Wildman–Crippen LogP) is 1.90. The Morgan fingerprint density at radius 3 is 2.83 bits per heavy atom. The largest absolute Gasteiger partial charge is 0.383 e. The van der Waals surface area contributed by atoms with E-state index in [9.17, 15) is 4.79 Å². The summed E-state index contributed by atoms with van der Waals surface area (Å²) in [7, 11) is 5.78. The van der Waals surface area contributed by atoms with E-state index in [1.807, 2.05) is 26.2 Å². The number of hydrogen-bond donors (Lipinski definition) is 1. The van der Waals surface area contributed by atoms with Gasteiger partial charge in [-0.15, -0.1) is 0 Å². The van der Waals surface area contributed by atoms with Crippen LogP contribution in [0.5, 0.6) is 0 Å². The maximum absolute atomic E-state index is 12.2. The van der Waals surface area contributed by atoms with E-state index in [0.29, 0.717) is 13.0 Å². The fourth-order valence-electron chi connectivity index (χ4n) is 2.70. The molecule has 0 saturated heterocycles. The van der Waals surface area contributed by atoms with Crippen molar-refractivity contribution in [2.45, 2.75) is 19.4 Å². The molecule has 0 saturated carbocycles. The molecular weight excluding hydrogens is 290 g/mol. The summed E-state index contributed by atoms with van der Waals surface area (Å²) < 4.78 is 7.33. The topological polar surface area (TPSA) is 46.5 Å². The quantitative estimate of drug-likeness (QED) is 0.719. The van der Waals surface area contributed by atoms with Crippen LogP contribution in [0.4, 0.5) is 0 Å². The first-order valence-corrected chi connectivity index (χ1v) is 8.09. The van der Waals surface area contributed by atoms with Gasteiger partial charge in [-0.3, -0.25) is 4.79 Å². The SMILES string of the molecule is COCCn1cc(CC(=O)NCCCN(C)C)c2ccccc21. The summed E-state index contributed by atoms with van der Waals surface area (Å²) >= 11 is 0. The van der Waals surface area contributed by atoms with Crippen molar-refractivity contribution in [2.24, 2.45) is 0 Å². The minimum absolute atomic E-state index is 0.0819. The highest BCUT2D eigenvalue weighted by Gasteiger charge is 2.11. The van der Waals surface area contributed by atoms with E-state index in [1.165, 1.54) is 0 Å². The number of carbonyl (C=O) groups excluding carboxylic acids is 1. The molecule has 0 aliphatic heterocycles. The number of nitrogens with one attached hydrogen (secondary N) is 1. The summed E-state index contributed by atoms with van der Waals surface area (Å²) in [6.07, 6.45) is 3.46. The summed E-state index contributed by atoms with van der Waals surface area (Å²) in [5.41, 5.74) is 2.22. The molecule has 0 unspecified atom stereocenters. The number of para-hydroxylation sites is 1. The number of fused-ring (bicyclic) bond motifs is 1. The molecule has 126 valence electrons. The van der Waals surface area contributed by atoms with Gasteiger partial charge in [-0.25, -0.2) is 0 Å². The van der Waals surface area contributed by atoms with Crippen molar-refractivity contribution in [2.75, 3.05) is 40.9 Å². The average molecular weight is 317 g/mol. The molecular formula is C18H27N3O2. The second-order valence-electron chi connectivity index (χ2n) is 6.04. The van der Waals surface area contributed by atoms with Crippen molar-refractivity contribution in [1.82, 2.24) is 14.8 Å². The van der Waals surface area contributed by atoms with Crippen molar-refractivity contribution in [3.05, 3.63) is 36.0 Å². The van der Waals surface area contributed by atoms with Gasteiger partial charge in [-0.1, -0.05) is 18.2 Å². The third kappa shape index (κ3) is 5.08. The molecule has 23 heavy (non-hydrogen) atoms.